The lowest BCUT2D eigenvalue weighted by atomic mass is 10.1. The van der Waals surface area contributed by atoms with Gasteiger partial charge >= 0.3 is 5.97 Å². The van der Waals surface area contributed by atoms with Gasteiger partial charge in [-0.3, -0.25) is 14.3 Å². The van der Waals surface area contributed by atoms with E-state index in [1.165, 1.54) is 7.11 Å². The zero-order chi connectivity index (χ0) is 12.1. The van der Waals surface area contributed by atoms with Crippen LogP contribution in [0.15, 0.2) is 10.7 Å². The highest BCUT2D eigenvalue weighted by Gasteiger charge is 2.12. The molecule has 5 nitrogen and oxygen atoms in total. The maximum absolute atomic E-state index is 11.6. The van der Waals surface area contributed by atoms with E-state index in [-0.39, 0.29) is 31.0 Å². The number of carbonyl (C=O) groups excluding carboxylic acids is 2. The summed E-state index contributed by atoms with van der Waals surface area (Å²) < 4.78 is 6.91. The van der Waals surface area contributed by atoms with Gasteiger partial charge in [-0.05, 0) is 15.9 Å². The van der Waals surface area contributed by atoms with E-state index < -0.39 is 0 Å². The van der Waals surface area contributed by atoms with Crippen molar-refractivity contribution in [2.24, 2.45) is 7.05 Å². The summed E-state index contributed by atoms with van der Waals surface area (Å²) in [6, 6.07) is 0. The van der Waals surface area contributed by atoms with Crippen molar-refractivity contribution in [2.45, 2.75) is 19.3 Å². The van der Waals surface area contributed by atoms with Crippen molar-refractivity contribution < 1.29 is 14.3 Å². The number of halogens is 1. The Hall–Kier alpha value is -1.17. The lowest BCUT2D eigenvalue weighted by molar-refractivity contribution is -0.141. The zero-order valence-corrected chi connectivity index (χ0v) is 10.8. The summed E-state index contributed by atoms with van der Waals surface area (Å²) >= 11 is 3.31. The standard InChI is InChI=1S/C10H13BrN2O3/c1-13-9(8(11)6-12-13)5-7(14)3-4-10(15)16-2/h6H,3-5H2,1-2H3. The molecule has 0 unspecified atom stereocenters. The van der Waals surface area contributed by atoms with Crippen LogP contribution in [0.1, 0.15) is 18.5 Å². The SMILES string of the molecule is COC(=O)CCC(=O)Cc1c(Br)cnn1C. The molecular weight excluding hydrogens is 276 g/mol. The lowest BCUT2D eigenvalue weighted by Gasteiger charge is -2.02. The van der Waals surface area contributed by atoms with E-state index in [2.05, 4.69) is 25.8 Å². The number of hydrogen-bond acceptors (Lipinski definition) is 4. The number of ether oxygens (including phenoxy) is 1. The Morgan fingerprint density at radius 1 is 1.50 bits per heavy atom. The molecule has 0 N–H and O–H groups in total. The number of methoxy groups -OCH3 is 1. The van der Waals surface area contributed by atoms with Gasteiger partial charge in [0.15, 0.2) is 0 Å². The molecule has 0 amide bonds. The first-order chi connectivity index (χ1) is 7.54. The molecule has 0 atom stereocenters. The summed E-state index contributed by atoms with van der Waals surface area (Å²) in [5.74, 6) is -0.368. The van der Waals surface area contributed by atoms with Crippen LogP contribution in [0, 0.1) is 0 Å². The van der Waals surface area contributed by atoms with E-state index in [1.54, 1.807) is 17.9 Å². The Balaban J connectivity index is 2.49. The molecule has 0 saturated heterocycles. The highest BCUT2D eigenvalue weighted by molar-refractivity contribution is 9.10. The minimum absolute atomic E-state index is 0.00491. The Morgan fingerprint density at radius 2 is 2.19 bits per heavy atom. The Kier molecular flexibility index (Phi) is 4.67. The molecular formula is C10H13BrN2O3. The highest BCUT2D eigenvalue weighted by atomic mass is 79.9. The fraction of sp³-hybridized carbons (Fsp3) is 0.500. The summed E-state index contributed by atoms with van der Waals surface area (Å²) in [4.78, 5) is 22.4. The first-order valence-electron chi connectivity index (χ1n) is 4.79. The highest BCUT2D eigenvalue weighted by Crippen LogP contribution is 2.16. The molecule has 1 aromatic heterocycles. The molecule has 88 valence electrons. The van der Waals surface area contributed by atoms with Gasteiger partial charge in [0.25, 0.3) is 0 Å². The summed E-state index contributed by atoms with van der Waals surface area (Å²) in [7, 11) is 3.08. The average Bonchev–Trinajstić information content (AvgIpc) is 2.57. The van der Waals surface area contributed by atoms with Crippen LogP contribution in [0.3, 0.4) is 0 Å². The summed E-state index contributed by atoms with van der Waals surface area (Å²) in [6.45, 7) is 0. The molecule has 6 heteroatoms. The predicted molar refractivity (Wildman–Crippen MR) is 60.9 cm³/mol. The normalized spacial score (nSPS) is 10.2. The third-order valence-electron chi connectivity index (χ3n) is 2.21. The molecule has 0 aliphatic rings. The number of carbonyl (C=O) groups is 2. The van der Waals surface area contributed by atoms with Crippen LogP contribution in [0.2, 0.25) is 0 Å². The lowest BCUT2D eigenvalue weighted by Crippen LogP contribution is -2.10. The Labute approximate surface area is 102 Å². The number of aromatic nitrogens is 2. The topological polar surface area (TPSA) is 61.2 Å². The van der Waals surface area contributed by atoms with Gasteiger partial charge in [-0.25, -0.2) is 0 Å². The number of rotatable bonds is 5. The van der Waals surface area contributed by atoms with Gasteiger partial charge in [-0.2, -0.15) is 5.10 Å². The minimum atomic E-state index is -0.363. The van der Waals surface area contributed by atoms with Gasteiger partial charge in [0, 0.05) is 19.9 Å². The quantitative estimate of drug-likeness (QED) is 0.765. The molecule has 1 heterocycles. The number of esters is 1. The number of aryl methyl sites for hydroxylation is 1. The number of hydrogen-bond donors (Lipinski definition) is 0. The summed E-state index contributed by atoms with van der Waals surface area (Å²) in [6.07, 6.45) is 2.24. The molecule has 0 bridgehead atoms. The first kappa shape index (κ1) is 12.9. The van der Waals surface area contributed by atoms with Crippen LogP contribution < -0.4 is 0 Å². The van der Waals surface area contributed by atoms with Crippen LogP contribution in [0.4, 0.5) is 0 Å². The smallest absolute Gasteiger partial charge is 0.305 e. The van der Waals surface area contributed by atoms with Crippen molar-refractivity contribution in [3.63, 3.8) is 0 Å². The van der Waals surface area contributed by atoms with E-state index in [0.717, 1.165) is 10.2 Å². The second kappa shape index (κ2) is 5.79. The molecule has 1 rings (SSSR count). The fourth-order valence-corrected chi connectivity index (χ4v) is 1.74. The second-order valence-corrected chi connectivity index (χ2v) is 4.21. The largest absolute Gasteiger partial charge is 0.469 e. The monoisotopic (exact) mass is 288 g/mol. The second-order valence-electron chi connectivity index (χ2n) is 3.35. The van der Waals surface area contributed by atoms with Crippen molar-refractivity contribution in [1.29, 1.82) is 0 Å². The van der Waals surface area contributed by atoms with E-state index in [1.807, 2.05) is 0 Å². The van der Waals surface area contributed by atoms with E-state index in [9.17, 15) is 9.59 Å². The third-order valence-corrected chi connectivity index (χ3v) is 2.87. The molecule has 0 saturated carbocycles. The fourth-order valence-electron chi connectivity index (χ4n) is 1.25. The first-order valence-corrected chi connectivity index (χ1v) is 5.58. The van der Waals surface area contributed by atoms with Crippen LogP contribution in [-0.4, -0.2) is 28.6 Å². The van der Waals surface area contributed by atoms with E-state index in [0.29, 0.717) is 0 Å². The third kappa shape index (κ3) is 3.44. The summed E-state index contributed by atoms with van der Waals surface area (Å²) in [5, 5.41) is 4.01. The van der Waals surface area contributed by atoms with Crippen molar-refractivity contribution in [3.8, 4) is 0 Å². The molecule has 0 aromatic carbocycles. The van der Waals surface area contributed by atoms with Crippen LogP contribution in [0.5, 0.6) is 0 Å². The molecule has 0 fully saturated rings. The number of Topliss-reactive ketones (excluding diaryl/α,β-unsaturated/α-hetero) is 1. The van der Waals surface area contributed by atoms with Gasteiger partial charge in [0.2, 0.25) is 0 Å². The number of nitrogens with zero attached hydrogens (tertiary/aromatic N) is 2. The van der Waals surface area contributed by atoms with Gasteiger partial charge in [0.05, 0.1) is 29.9 Å². The summed E-state index contributed by atoms with van der Waals surface area (Å²) in [5.41, 5.74) is 0.815. The van der Waals surface area contributed by atoms with Gasteiger partial charge in [0.1, 0.15) is 5.78 Å². The maximum Gasteiger partial charge on any atom is 0.305 e. The van der Waals surface area contributed by atoms with Crippen molar-refractivity contribution in [3.05, 3.63) is 16.4 Å². The maximum atomic E-state index is 11.6. The van der Waals surface area contributed by atoms with Crippen molar-refractivity contribution in [1.82, 2.24) is 9.78 Å². The van der Waals surface area contributed by atoms with Crippen LogP contribution >= 0.6 is 15.9 Å². The minimum Gasteiger partial charge on any atom is -0.469 e. The predicted octanol–water partition coefficient (Wildman–Crippen LogP) is 1.25. The molecule has 16 heavy (non-hydrogen) atoms. The molecule has 0 radical (unpaired) electrons. The van der Waals surface area contributed by atoms with Crippen LogP contribution in [0.25, 0.3) is 0 Å². The van der Waals surface area contributed by atoms with Crippen molar-refractivity contribution in [2.75, 3.05) is 7.11 Å². The number of ketones is 1. The van der Waals surface area contributed by atoms with Gasteiger partial charge < -0.3 is 4.74 Å². The molecule has 0 aliphatic carbocycles. The van der Waals surface area contributed by atoms with Crippen molar-refractivity contribution >= 4 is 27.7 Å². The molecule has 0 spiro atoms. The van der Waals surface area contributed by atoms with E-state index >= 15 is 0 Å². The zero-order valence-electron chi connectivity index (χ0n) is 9.20. The van der Waals surface area contributed by atoms with E-state index in [4.69, 9.17) is 0 Å². The van der Waals surface area contributed by atoms with Gasteiger partial charge in [-0.1, -0.05) is 0 Å². The Bertz CT molecular complexity index is 381. The molecule has 1 aromatic rings. The average molecular weight is 289 g/mol. The van der Waals surface area contributed by atoms with Crippen LogP contribution in [-0.2, 0) is 27.8 Å². The molecule has 0 aliphatic heterocycles. The Morgan fingerprint density at radius 3 is 2.69 bits per heavy atom. The van der Waals surface area contributed by atoms with Gasteiger partial charge in [-0.15, -0.1) is 0 Å².